The summed E-state index contributed by atoms with van der Waals surface area (Å²) in [7, 11) is 1.49. The standard InChI is InChI=1S/C39H53FN8O3/c1-23-22-47(17-13-42-23)38(45-33-19-26-18-31(24(33)2)39(26,3)4)43-27-7-9-30-34(20-27)44-36(35(41)46-14-11-28(49)12-15-46)48(37(30)50)16-10-25-6-8-29(51-5)21-32(25)40/h6-9,20-21,23-24,26,28,31,33,41-42,49H,10-19,22H2,1-5H3,(H,43,45)/t23-,24-,26+,31+,33?/m0/s1. The topological polar surface area (TPSA) is 131 Å². The van der Waals surface area contributed by atoms with Crippen molar-refractivity contribution in [2.45, 2.75) is 84.5 Å². The molecule has 0 radical (unpaired) electrons. The molecular weight excluding hydrogens is 647 g/mol. The highest BCUT2D eigenvalue weighted by molar-refractivity contribution is 5.98. The Balaban J connectivity index is 1.22. The first kappa shape index (κ1) is 35.4. The molecule has 274 valence electrons. The van der Waals surface area contributed by atoms with Gasteiger partial charge in [-0.05, 0) is 92.0 Å². The van der Waals surface area contributed by atoms with Crippen molar-refractivity contribution >= 4 is 28.4 Å². The molecule has 5 atom stereocenters. The minimum atomic E-state index is -0.409. The minimum absolute atomic E-state index is 0.124. The van der Waals surface area contributed by atoms with Crippen LogP contribution >= 0.6 is 0 Å². The number of hydrogen-bond donors (Lipinski definition) is 4. The van der Waals surface area contributed by atoms with E-state index in [1.54, 1.807) is 18.2 Å². The Morgan fingerprint density at radius 3 is 2.61 bits per heavy atom. The molecule has 5 fully saturated rings. The van der Waals surface area contributed by atoms with Crippen molar-refractivity contribution < 1.29 is 14.2 Å². The molecule has 2 aromatic carbocycles. The number of aliphatic imine (C=N–C) groups is 1. The summed E-state index contributed by atoms with van der Waals surface area (Å²) >= 11 is 0. The number of halogens is 1. The molecule has 3 aromatic rings. The maximum absolute atomic E-state index is 14.9. The van der Waals surface area contributed by atoms with Crippen LogP contribution in [0.3, 0.4) is 0 Å². The lowest BCUT2D eigenvalue weighted by Crippen LogP contribution is -2.57. The molecular formula is C39H53FN8O3. The van der Waals surface area contributed by atoms with Crippen LogP contribution in [-0.4, -0.2) is 94.3 Å². The van der Waals surface area contributed by atoms with Gasteiger partial charge in [-0.1, -0.05) is 26.8 Å². The number of anilines is 1. The van der Waals surface area contributed by atoms with Crippen molar-refractivity contribution in [3.63, 3.8) is 0 Å². The number of fused-ring (bicyclic) bond motifs is 3. The first-order valence-electron chi connectivity index (χ1n) is 18.6. The largest absolute Gasteiger partial charge is 0.497 e. The maximum atomic E-state index is 14.9. The number of aromatic nitrogens is 2. The predicted octanol–water partition coefficient (Wildman–Crippen LogP) is 4.70. The molecule has 11 nitrogen and oxygen atoms in total. The van der Waals surface area contributed by atoms with Gasteiger partial charge in [0, 0.05) is 57.1 Å². The normalized spacial score (nSPS) is 26.6. The fraction of sp³-hybridized carbons (Fsp3) is 0.590. The fourth-order valence-corrected chi connectivity index (χ4v) is 8.90. The fourth-order valence-electron chi connectivity index (χ4n) is 8.90. The average Bonchev–Trinajstić information content (AvgIpc) is 3.11. The van der Waals surface area contributed by atoms with Crippen molar-refractivity contribution in [1.29, 1.82) is 5.41 Å². The number of nitrogens with zero attached hydrogens (tertiary/aromatic N) is 5. The van der Waals surface area contributed by atoms with E-state index in [0.717, 1.165) is 37.7 Å². The molecule has 2 saturated heterocycles. The number of ether oxygens (including phenoxy) is 1. The highest BCUT2D eigenvalue weighted by Gasteiger charge is 2.56. The van der Waals surface area contributed by atoms with Crippen LogP contribution in [0.15, 0.2) is 46.2 Å². The van der Waals surface area contributed by atoms with Gasteiger partial charge in [0.25, 0.3) is 5.56 Å². The van der Waals surface area contributed by atoms with E-state index in [9.17, 15) is 19.7 Å². The molecule has 4 N–H and O–H groups in total. The summed E-state index contributed by atoms with van der Waals surface area (Å²) in [6.07, 6.45) is 3.30. The maximum Gasteiger partial charge on any atom is 0.261 e. The lowest BCUT2D eigenvalue weighted by atomic mass is 9.45. The lowest BCUT2D eigenvalue weighted by molar-refractivity contribution is -0.108. The van der Waals surface area contributed by atoms with Gasteiger partial charge in [-0.3, -0.25) is 14.8 Å². The average molecular weight is 701 g/mol. The second-order valence-electron chi connectivity index (χ2n) is 15.8. The van der Waals surface area contributed by atoms with Crippen LogP contribution in [0.2, 0.25) is 0 Å². The van der Waals surface area contributed by atoms with Crippen LogP contribution in [0.25, 0.3) is 10.9 Å². The summed E-state index contributed by atoms with van der Waals surface area (Å²) in [5.41, 5.74) is 1.81. The summed E-state index contributed by atoms with van der Waals surface area (Å²) in [5.74, 6) is 3.10. The van der Waals surface area contributed by atoms with Crippen LogP contribution in [0.1, 0.15) is 64.8 Å². The molecule has 8 rings (SSSR count). The van der Waals surface area contributed by atoms with E-state index in [2.05, 4.69) is 43.2 Å². The van der Waals surface area contributed by atoms with Gasteiger partial charge in [0.05, 0.1) is 30.2 Å². The number of benzene rings is 2. The number of aryl methyl sites for hydroxylation is 1. The molecule has 0 amide bonds. The van der Waals surface area contributed by atoms with E-state index >= 15 is 0 Å². The highest BCUT2D eigenvalue weighted by atomic mass is 19.1. The van der Waals surface area contributed by atoms with Crippen molar-refractivity contribution in [2.75, 3.05) is 45.2 Å². The third-order valence-corrected chi connectivity index (χ3v) is 12.3. The lowest BCUT2D eigenvalue weighted by Gasteiger charge is -2.61. The molecule has 1 aromatic heterocycles. The number of rotatable bonds is 7. The second-order valence-corrected chi connectivity index (χ2v) is 15.8. The van der Waals surface area contributed by atoms with Gasteiger partial charge in [-0.2, -0.15) is 0 Å². The third-order valence-electron chi connectivity index (χ3n) is 12.3. The number of piperazine rings is 1. The van der Waals surface area contributed by atoms with E-state index in [-0.39, 0.29) is 36.2 Å². The van der Waals surface area contributed by atoms with Crippen LogP contribution in [0.5, 0.6) is 5.75 Å². The first-order chi connectivity index (χ1) is 24.4. The summed E-state index contributed by atoms with van der Waals surface area (Å²) in [6, 6.07) is 10.9. The van der Waals surface area contributed by atoms with Gasteiger partial charge in [0.2, 0.25) is 0 Å². The second kappa shape index (κ2) is 14.2. The molecule has 1 unspecified atom stereocenters. The number of amidine groups is 1. The third kappa shape index (κ3) is 6.96. The van der Waals surface area contributed by atoms with E-state index in [1.807, 2.05) is 17.0 Å². The van der Waals surface area contributed by atoms with Gasteiger partial charge in [-0.25, -0.2) is 14.4 Å². The number of likely N-dealkylation sites (tertiary alicyclic amines) is 1. The Morgan fingerprint density at radius 1 is 1.14 bits per heavy atom. The van der Waals surface area contributed by atoms with Crippen molar-refractivity contribution in [3.8, 4) is 5.75 Å². The molecule has 0 spiro atoms. The monoisotopic (exact) mass is 700 g/mol. The number of aliphatic hydroxyl groups excluding tert-OH is 1. The number of nitrogens with one attached hydrogen (secondary N) is 3. The summed E-state index contributed by atoms with van der Waals surface area (Å²) in [5, 5.41) is 26.9. The zero-order chi connectivity index (χ0) is 36.0. The van der Waals surface area contributed by atoms with Crippen LogP contribution in [-0.2, 0) is 13.0 Å². The quantitative estimate of drug-likeness (QED) is 0.206. The molecule has 2 bridgehead atoms. The zero-order valence-electron chi connectivity index (χ0n) is 30.6. The molecule has 2 aliphatic heterocycles. The Kier molecular flexibility index (Phi) is 9.84. The molecule has 3 heterocycles. The number of guanidine groups is 1. The predicted molar refractivity (Wildman–Crippen MR) is 199 cm³/mol. The summed E-state index contributed by atoms with van der Waals surface area (Å²) in [4.78, 5) is 28.8. The van der Waals surface area contributed by atoms with E-state index in [0.29, 0.717) is 77.4 Å². The van der Waals surface area contributed by atoms with Crippen molar-refractivity contribution in [1.82, 2.24) is 24.7 Å². The van der Waals surface area contributed by atoms with E-state index < -0.39 is 11.9 Å². The Hall–Kier alpha value is -4.03. The molecule has 3 saturated carbocycles. The molecule has 3 aliphatic carbocycles. The number of methoxy groups -OCH3 is 1. The molecule has 12 heteroatoms. The van der Waals surface area contributed by atoms with Crippen molar-refractivity contribution in [3.05, 3.63) is 64.0 Å². The first-order valence-corrected chi connectivity index (χ1v) is 18.6. The van der Waals surface area contributed by atoms with Crippen LogP contribution < -0.4 is 20.9 Å². The molecule has 5 aliphatic rings. The summed E-state index contributed by atoms with van der Waals surface area (Å²) in [6.45, 7) is 13.1. The number of piperidine rings is 1. The Labute approximate surface area is 299 Å². The van der Waals surface area contributed by atoms with Gasteiger partial charge >= 0.3 is 0 Å². The molecule has 51 heavy (non-hydrogen) atoms. The van der Waals surface area contributed by atoms with E-state index in [1.165, 1.54) is 24.2 Å². The Morgan fingerprint density at radius 2 is 1.92 bits per heavy atom. The summed E-state index contributed by atoms with van der Waals surface area (Å²) < 4.78 is 21.6. The van der Waals surface area contributed by atoms with Crippen LogP contribution in [0, 0.1) is 34.4 Å². The van der Waals surface area contributed by atoms with Crippen molar-refractivity contribution in [2.24, 2.45) is 28.2 Å². The van der Waals surface area contributed by atoms with Gasteiger partial charge in [-0.15, -0.1) is 0 Å². The smallest absolute Gasteiger partial charge is 0.261 e. The van der Waals surface area contributed by atoms with Gasteiger partial charge < -0.3 is 30.3 Å². The number of aliphatic hydroxyl groups is 1. The van der Waals surface area contributed by atoms with Gasteiger partial charge in [0.15, 0.2) is 17.6 Å². The van der Waals surface area contributed by atoms with E-state index in [4.69, 9.17) is 14.7 Å². The highest BCUT2D eigenvalue weighted by Crippen LogP contribution is 2.61. The Bertz CT molecular complexity index is 1870. The SMILES string of the molecule is COc1ccc(CCn2c(C(=N)N3CCC(O)CC3)nc3cc(NC(=NC4C[C@H]5C[C@H]([C@@H]4C)C5(C)C)N4CCN[C@@H](C)C4)ccc3c2=O)c(F)c1. The van der Waals surface area contributed by atoms with Crippen LogP contribution in [0.4, 0.5) is 10.1 Å². The minimum Gasteiger partial charge on any atom is -0.497 e. The number of hydrogen-bond acceptors (Lipinski definition) is 7. The zero-order valence-corrected chi connectivity index (χ0v) is 30.6. The van der Waals surface area contributed by atoms with Gasteiger partial charge in [0.1, 0.15) is 11.6 Å².